The molecule has 1 aromatic heterocycles. The Labute approximate surface area is 108 Å². The van der Waals surface area contributed by atoms with Crippen LogP contribution >= 0.6 is 0 Å². The predicted octanol–water partition coefficient (Wildman–Crippen LogP) is 2.13. The lowest BCUT2D eigenvalue weighted by atomic mass is 10.1. The quantitative estimate of drug-likeness (QED) is 0.649. The third kappa shape index (κ3) is 2.59. The monoisotopic (exact) mass is 260 g/mol. The minimum atomic E-state index is -0.581. The summed E-state index contributed by atoms with van der Waals surface area (Å²) >= 11 is 0. The first-order chi connectivity index (χ1) is 9.13. The summed E-state index contributed by atoms with van der Waals surface area (Å²) in [6, 6.07) is 5.80. The fourth-order valence-electron chi connectivity index (χ4n) is 1.69. The van der Waals surface area contributed by atoms with Crippen molar-refractivity contribution in [2.75, 3.05) is 5.32 Å². The smallest absolute Gasteiger partial charge is 0.282 e. The van der Waals surface area contributed by atoms with Gasteiger partial charge in [0, 0.05) is 11.6 Å². The summed E-state index contributed by atoms with van der Waals surface area (Å²) in [6.07, 6.45) is 2.30. The fourth-order valence-corrected chi connectivity index (χ4v) is 1.69. The summed E-state index contributed by atoms with van der Waals surface area (Å²) in [7, 11) is 0. The van der Waals surface area contributed by atoms with Crippen LogP contribution in [0.3, 0.4) is 0 Å². The maximum Gasteiger partial charge on any atom is 0.282 e. The van der Waals surface area contributed by atoms with Crippen LogP contribution < -0.4 is 5.32 Å². The summed E-state index contributed by atoms with van der Waals surface area (Å²) < 4.78 is 0. The van der Waals surface area contributed by atoms with Gasteiger partial charge in [-0.25, -0.2) is 0 Å². The van der Waals surface area contributed by atoms with Crippen molar-refractivity contribution < 1.29 is 9.72 Å². The number of benzene rings is 1. The molecule has 0 spiro atoms. The van der Waals surface area contributed by atoms with Crippen LogP contribution in [0.2, 0.25) is 0 Å². The summed E-state index contributed by atoms with van der Waals surface area (Å²) in [6.45, 7) is 1.92. The lowest BCUT2D eigenvalue weighted by Gasteiger charge is -2.05. The van der Waals surface area contributed by atoms with Gasteiger partial charge in [0.05, 0.1) is 11.1 Å². The number of aromatic nitrogens is 2. The van der Waals surface area contributed by atoms with E-state index in [0.29, 0.717) is 12.2 Å². The maximum absolute atomic E-state index is 12.0. The highest BCUT2D eigenvalue weighted by Gasteiger charge is 2.20. The molecule has 19 heavy (non-hydrogen) atoms. The van der Waals surface area contributed by atoms with E-state index in [0.717, 1.165) is 5.56 Å². The molecule has 1 amide bonds. The normalized spacial score (nSPS) is 10.2. The van der Waals surface area contributed by atoms with E-state index in [1.165, 1.54) is 18.2 Å². The molecular weight excluding hydrogens is 248 g/mol. The average molecular weight is 260 g/mol. The van der Waals surface area contributed by atoms with Crippen molar-refractivity contribution in [1.29, 1.82) is 0 Å². The molecule has 0 saturated carbocycles. The first kappa shape index (κ1) is 12.7. The number of para-hydroxylation sites is 1. The highest BCUT2D eigenvalue weighted by atomic mass is 16.6. The van der Waals surface area contributed by atoms with Crippen LogP contribution in [0.5, 0.6) is 0 Å². The molecule has 0 radical (unpaired) electrons. The molecule has 0 aliphatic carbocycles. The molecule has 2 N–H and O–H groups in total. The van der Waals surface area contributed by atoms with Gasteiger partial charge in [-0.3, -0.25) is 20.0 Å². The van der Waals surface area contributed by atoms with Crippen LogP contribution in [0.25, 0.3) is 0 Å². The van der Waals surface area contributed by atoms with Gasteiger partial charge in [0.2, 0.25) is 0 Å². The molecule has 0 fully saturated rings. The minimum Gasteiger partial charge on any atom is -0.306 e. The van der Waals surface area contributed by atoms with Gasteiger partial charge in [-0.2, -0.15) is 5.10 Å². The number of aryl methyl sites for hydroxylation is 1. The second-order valence-electron chi connectivity index (χ2n) is 3.85. The highest BCUT2D eigenvalue weighted by Crippen LogP contribution is 2.20. The number of aromatic amines is 1. The second kappa shape index (κ2) is 5.30. The first-order valence-electron chi connectivity index (χ1n) is 5.70. The van der Waals surface area contributed by atoms with Crippen LogP contribution in [0.1, 0.15) is 22.8 Å². The number of H-pyrrole nitrogens is 1. The van der Waals surface area contributed by atoms with Gasteiger partial charge >= 0.3 is 0 Å². The zero-order valence-corrected chi connectivity index (χ0v) is 10.2. The lowest BCUT2D eigenvalue weighted by molar-refractivity contribution is -0.385. The Morgan fingerprint density at radius 3 is 2.89 bits per heavy atom. The van der Waals surface area contributed by atoms with Gasteiger partial charge < -0.3 is 5.32 Å². The molecule has 7 heteroatoms. The average Bonchev–Trinajstić information content (AvgIpc) is 2.85. The summed E-state index contributed by atoms with van der Waals surface area (Å²) in [4.78, 5) is 22.3. The third-order valence-electron chi connectivity index (χ3n) is 2.68. The molecule has 0 atom stereocenters. The predicted molar refractivity (Wildman–Crippen MR) is 69.0 cm³/mol. The highest BCUT2D eigenvalue weighted by molar-refractivity contribution is 6.06. The Bertz CT molecular complexity index is 621. The van der Waals surface area contributed by atoms with Crippen molar-refractivity contribution in [2.45, 2.75) is 13.3 Å². The SMILES string of the molecule is CCc1cn[nH]c1NC(=O)c1ccccc1[N+](=O)[O-]. The molecule has 98 valence electrons. The standard InChI is InChI=1S/C12H12N4O3/c1-2-8-7-13-15-11(8)14-12(17)9-5-3-4-6-10(9)16(18)19/h3-7H,2H2,1H3,(H2,13,14,15,17). The van der Waals surface area contributed by atoms with Crippen LogP contribution in [0, 0.1) is 10.1 Å². The maximum atomic E-state index is 12.0. The van der Waals surface area contributed by atoms with E-state index in [9.17, 15) is 14.9 Å². The zero-order valence-electron chi connectivity index (χ0n) is 10.2. The van der Waals surface area contributed by atoms with Gasteiger partial charge in [-0.05, 0) is 12.5 Å². The topological polar surface area (TPSA) is 101 Å². The molecule has 1 aromatic carbocycles. The lowest BCUT2D eigenvalue weighted by Crippen LogP contribution is -2.15. The van der Waals surface area contributed by atoms with E-state index in [1.807, 2.05) is 6.92 Å². The van der Waals surface area contributed by atoms with Crippen molar-refractivity contribution in [2.24, 2.45) is 0 Å². The van der Waals surface area contributed by atoms with E-state index in [4.69, 9.17) is 0 Å². The number of rotatable bonds is 4. The van der Waals surface area contributed by atoms with Gasteiger partial charge in [0.1, 0.15) is 11.4 Å². The number of nitrogens with zero attached hydrogens (tertiary/aromatic N) is 2. The Hall–Kier alpha value is -2.70. The first-order valence-corrected chi connectivity index (χ1v) is 5.70. The van der Waals surface area contributed by atoms with E-state index < -0.39 is 10.8 Å². The van der Waals surface area contributed by atoms with Crippen LogP contribution in [0.15, 0.2) is 30.5 Å². The number of amides is 1. The summed E-state index contributed by atoms with van der Waals surface area (Å²) in [5.41, 5.74) is 0.633. The molecule has 0 aliphatic heterocycles. The Morgan fingerprint density at radius 2 is 2.21 bits per heavy atom. The summed E-state index contributed by atoms with van der Waals surface area (Å²) in [5, 5.41) is 19.9. The van der Waals surface area contributed by atoms with Crippen molar-refractivity contribution in [3.05, 3.63) is 51.7 Å². The van der Waals surface area contributed by atoms with Gasteiger partial charge in [-0.1, -0.05) is 19.1 Å². The molecule has 0 aliphatic rings. The number of nitro benzene ring substituents is 1. The van der Waals surface area contributed by atoms with E-state index in [-0.39, 0.29) is 11.3 Å². The van der Waals surface area contributed by atoms with Crippen LogP contribution in [0.4, 0.5) is 11.5 Å². The number of nitrogens with one attached hydrogen (secondary N) is 2. The van der Waals surface area contributed by atoms with Crippen LogP contribution in [-0.2, 0) is 6.42 Å². The number of carbonyl (C=O) groups is 1. The van der Waals surface area contributed by atoms with Crippen molar-refractivity contribution in [3.8, 4) is 0 Å². The molecule has 1 heterocycles. The number of hydrogen-bond acceptors (Lipinski definition) is 4. The Morgan fingerprint density at radius 1 is 1.47 bits per heavy atom. The molecule has 0 saturated heterocycles. The van der Waals surface area contributed by atoms with Crippen molar-refractivity contribution in [3.63, 3.8) is 0 Å². The van der Waals surface area contributed by atoms with E-state index in [1.54, 1.807) is 12.3 Å². The van der Waals surface area contributed by atoms with Crippen molar-refractivity contribution in [1.82, 2.24) is 10.2 Å². The third-order valence-corrected chi connectivity index (χ3v) is 2.68. The van der Waals surface area contributed by atoms with Gasteiger partial charge in [-0.15, -0.1) is 0 Å². The van der Waals surface area contributed by atoms with Crippen molar-refractivity contribution >= 4 is 17.4 Å². The van der Waals surface area contributed by atoms with E-state index in [2.05, 4.69) is 15.5 Å². The molecule has 2 rings (SSSR count). The van der Waals surface area contributed by atoms with Gasteiger partial charge in [0.25, 0.3) is 11.6 Å². The van der Waals surface area contributed by atoms with Gasteiger partial charge in [0.15, 0.2) is 0 Å². The number of carbonyl (C=O) groups excluding carboxylic acids is 1. The number of nitro groups is 1. The van der Waals surface area contributed by atoms with Crippen LogP contribution in [-0.4, -0.2) is 21.0 Å². The fraction of sp³-hybridized carbons (Fsp3) is 0.167. The number of anilines is 1. The minimum absolute atomic E-state index is 0.0177. The van der Waals surface area contributed by atoms with E-state index >= 15 is 0 Å². The largest absolute Gasteiger partial charge is 0.306 e. The Balaban J connectivity index is 2.28. The molecular formula is C12H12N4O3. The molecule has 2 aromatic rings. The molecule has 0 bridgehead atoms. The number of hydrogen-bond donors (Lipinski definition) is 2. The molecule has 7 nitrogen and oxygen atoms in total. The Kier molecular flexibility index (Phi) is 3.56. The zero-order chi connectivity index (χ0) is 13.8. The second-order valence-corrected chi connectivity index (χ2v) is 3.85. The summed E-state index contributed by atoms with van der Waals surface area (Å²) in [5.74, 6) is -0.0723. The molecule has 0 unspecified atom stereocenters.